The summed E-state index contributed by atoms with van der Waals surface area (Å²) in [6, 6.07) is 162. The molecule has 0 radical (unpaired) electrons. The first kappa shape index (κ1) is 73.6. The van der Waals surface area contributed by atoms with E-state index in [1.54, 1.807) is 0 Å². The van der Waals surface area contributed by atoms with Gasteiger partial charge in [0.2, 0.25) is 0 Å². The Morgan fingerprint density at radius 2 is 0.371 bits per heavy atom. The zero-order valence-electron chi connectivity index (χ0n) is 67.2. The molecular formula is C116H74N6S2. The van der Waals surface area contributed by atoms with Crippen molar-refractivity contribution in [1.29, 1.82) is 0 Å². The predicted molar refractivity (Wildman–Crippen MR) is 514 cm³/mol. The van der Waals surface area contributed by atoms with E-state index in [9.17, 15) is 0 Å². The van der Waals surface area contributed by atoms with Crippen LogP contribution in [0.3, 0.4) is 0 Å². The van der Waals surface area contributed by atoms with E-state index in [1.165, 1.54) is 129 Å². The molecule has 0 bridgehead atoms. The average molecular weight is 1620 g/mol. The van der Waals surface area contributed by atoms with Crippen LogP contribution in [0.1, 0.15) is 44.5 Å². The number of hydrogen-bond donors (Lipinski definition) is 0. The maximum Gasteiger partial charge on any atom is 0.164 e. The maximum absolute atomic E-state index is 4.97. The van der Waals surface area contributed by atoms with Crippen LogP contribution in [0.4, 0.5) is 0 Å². The molecule has 0 fully saturated rings. The topological polar surface area (TPSA) is 77.3 Å². The van der Waals surface area contributed by atoms with Crippen LogP contribution in [0.5, 0.6) is 0 Å². The second-order valence-corrected chi connectivity index (χ2v) is 34.0. The van der Waals surface area contributed by atoms with Crippen LogP contribution < -0.4 is 0 Å². The molecule has 22 aromatic rings. The molecule has 0 saturated heterocycles. The highest BCUT2D eigenvalue weighted by Gasteiger charge is 2.48. The van der Waals surface area contributed by atoms with E-state index in [1.807, 2.05) is 144 Å². The molecule has 0 unspecified atom stereocenters. The van der Waals surface area contributed by atoms with Crippen molar-refractivity contribution < 1.29 is 0 Å². The number of fused-ring (bicyclic) bond motifs is 12. The molecule has 124 heavy (non-hydrogen) atoms. The van der Waals surface area contributed by atoms with Crippen molar-refractivity contribution in [2.24, 2.45) is 0 Å². The summed E-state index contributed by atoms with van der Waals surface area (Å²) in [6.07, 6.45) is 0. The van der Waals surface area contributed by atoms with E-state index in [0.717, 1.165) is 55.6 Å². The number of hydrogen-bond acceptors (Lipinski definition) is 8. The Morgan fingerprint density at radius 1 is 0.145 bits per heavy atom. The van der Waals surface area contributed by atoms with Gasteiger partial charge in [0.15, 0.2) is 34.9 Å². The monoisotopic (exact) mass is 1610 g/mol. The van der Waals surface area contributed by atoms with E-state index >= 15 is 0 Å². The molecule has 18 aromatic carbocycles. The quantitative estimate of drug-likeness (QED) is 0.108. The lowest BCUT2D eigenvalue weighted by Crippen LogP contribution is -2.28. The number of aromatic nitrogens is 6. The summed E-state index contributed by atoms with van der Waals surface area (Å²) in [5, 5.41) is 5.26. The molecule has 0 N–H and O–H groups in total. The Hall–Kier alpha value is -15.6. The first-order chi connectivity index (χ1) is 61.4. The van der Waals surface area contributed by atoms with Crippen LogP contribution >= 0.6 is 22.7 Å². The predicted octanol–water partition coefficient (Wildman–Crippen LogP) is 29.9. The van der Waals surface area contributed by atoms with Crippen LogP contribution in [0, 0.1) is 0 Å². The molecule has 4 heterocycles. The van der Waals surface area contributed by atoms with E-state index in [4.69, 9.17) is 29.9 Å². The minimum Gasteiger partial charge on any atom is -0.208 e. The third kappa shape index (κ3) is 12.8. The fraction of sp³-hybridized carbons (Fsp3) is 0.0172. The Balaban J connectivity index is 0.000000143. The average Bonchev–Trinajstić information content (AvgIpc) is 1.53. The van der Waals surface area contributed by atoms with Gasteiger partial charge in [-0.1, -0.05) is 400 Å². The van der Waals surface area contributed by atoms with Crippen LogP contribution in [-0.4, -0.2) is 29.9 Å². The Morgan fingerprint density at radius 3 is 0.710 bits per heavy atom. The Kier molecular flexibility index (Phi) is 18.3. The van der Waals surface area contributed by atoms with Crippen molar-refractivity contribution in [3.05, 3.63) is 493 Å². The SMILES string of the molecule is c1ccc(-c2nc(-c3ccccc3)nc(-c3ccc(-c4cccc(-c5ccc(C6(c7ccc8sc9ccccc9c8c7)c7ccccc7-c7ccccc76)cc5)c4)cc3)n2)cc1.c1ccc(-c2nc(-c3ccccc3)nc(-c3cccc(-c4ccc(-c5ccc(C6(c7ccc8sc9ccccc9c8c7)c7ccccc7-c7ccccc76)cc5)cc4)c3)n2)cc1. The molecule has 24 rings (SSSR count). The number of benzene rings is 18. The van der Waals surface area contributed by atoms with Crippen LogP contribution in [0.15, 0.2) is 449 Å². The Labute approximate surface area is 726 Å². The minimum absolute atomic E-state index is 0.472. The lowest BCUT2D eigenvalue weighted by atomic mass is 9.67. The lowest BCUT2D eigenvalue weighted by molar-refractivity contribution is 0.770. The third-order valence-electron chi connectivity index (χ3n) is 24.9. The van der Waals surface area contributed by atoms with Gasteiger partial charge in [-0.25, -0.2) is 29.9 Å². The summed E-state index contributed by atoms with van der Waals surface area (Å²) in [5.74, 6) is 3.90. The van der Waals surface area contributed by atoms with Crippen molar-refractivity contribution in [2.75, 3.05) is 0 Å². The van der Waals surface area contributed by atoms with E-state index in [-0.39, 0.29) is 0 Å². The zero-order chi connectivity index (χ0) is 82.1. The molecule has 0 atom stereocenters. The lowest BCUT2D eigenvalue weighted by Gasteiger charge is -2.34. The van der Waals surface area contributed by atoms with Crippen LogP contribution in [0.25, 0.3) is 175 Å². The van der Waals surface area contributed by atoms with Crippen molar-refractivity contribution >= 4 is 63.0 Å². The van der Waals surface area contributed by atoms with Gasteiger partial charge in [-0.05, 0) is 160 Å². The first-order valence-electron chi connectivity index (χ1n) is 42.0. The summed E-state index contributed by atoms with van der Waals surface area (Å²) in [6.45, 7) is 0. The highest BCUT2D eigenvalue weighted by Crippen LogP contribution is 2.59. The highest BCUT2D eigenvalue weighted by molar-refractivity contribution is 7.26. The van der Waals surface area contributed by atoms with Gasteiger partial charge >= 0.3 is 0 Å². The maximum atomic E-state index is 4.97. The van der Waals surface area contributed by atoms with Gasteiger partial charge in [0, 0.05) is 73.7 Å². The van der Waals surface area contributed by atoms with E-state index < -0.39 is 10.8 Å². The second-order valence-electron chi connectivity index (χ2n) is 31.8. The van der Waals surface area contributed by atoms with Gasteiger partial charge in [-0.3, -0.25) is 0 Å². The van der Waals surface area contributed by atoms with Crippen LogP contribution in [0.2, 0.25) is 0 Å². The molecule has 2 aliphatic rings. The fourth-order valence-electron chi connectivity index (χ4n) is 19.0. The van der Waals surface area contributed by atoms with Crippen molar-refractivity contribution in [3.63, 3.8) is 0 Å². The standard InChI is InChI=1S/2C58H37N3S/c1-3-14-40(15-4-1)55-59-56(41-16-5-2-6-17-41)61-57(60-55)42-28-26-38(27-29-42)43-18-13-19-44(36-43)39-30-32-45(33-31-39)58(51-23-10-7-20-47(51)48-21-8-11-24-52(48)58)46-34-35-54-50(37-46)49-22-9-12-25-53(49)62-54;1-3-14-41(15-4-1)55-59-56(42-16-5-2-6-17-42)61-57(60-55)44-19-13-18-43(36-44)40-28-26-38(27-29-40)39-30-32-45(33-31-39)58(51-23-10-7-20-47(51)48-21-8-11-24-52(48)58)46-34-35-54-50(37-46)49-22-9-12-25-53(49)62-54/h2*1-37H. The molecule has 4 aromatic heterocycles. The van der Waals surface area contributed by atoms with Gasteiger partial charge in [0.1, 0.15) is 0 Å². The zero-order valence-corrected chi connectivity index (χ0v) is 68.9. The van der Waals surface area contributed by atoms with Crippen molar-refractivity contribution in [2.45, 2.75) is 10.8 Å². The molecule has 0 aliphatic heterocycles. The van der Waals surface area contributed by atoms with Gasteiger partial charge in [0.05, 0.1) is 10.8 Å². The summed E-state index contributed by atoms with van der Waals surface area (Å²) in [7, 11) is 0. The molecular weight excluding hydrogens is 1540 g/mol. The second kappa shape index (κ2) is 30.9. The molecule has 8 heteroatoms. The van der Waals surface area contributed by atoms with Crippen LogP contribution in [-0.2, 0) is 10.8 Å². The Bertz CT molecular complexity index is 7620. The largest absolute Gasteiger partial charge is 0.208 e. The van der Waals surface area contributed by atoms with Crippen molar-refractivity contribution in [1.82, 2.24) is 29.9 Å². The fourth-order valence-corrected chi connectivity index (χ4v) is 21.2. The number of rotatable bonds is 14. The van der Waals surface area contributed by atoms with Gasteiger partial charge in [-0.15, -0.1) is 22.7 Å². The van der Waals surface area contributed by atoms with Gasteiger partial charge < -0.3 is 0 Å². The number of thiophene rings is 2. The van der Waals surface area contributed by atoms with Gasteiger partial charge in [-0.2, -0.15) is 0 Å². The normalized spacial score (nSPS) is 12.6. The molecule has 0 amide bonds. The summed E-state index contributed by atoms with van der Waals surface area (Å²) in [5.41, 5.74) is 29.5. The summed E-state index contributed by atoms with van der Waals surface area (Å²) < 4.78 is 5.27. The van der Waals surface area contributed by atoms with E-state index in [2.05, 4.69) is 328 Å². The number of nitrogens with zero attached hydrogens (tertiary/aromatic N) is 6. The third-order valence-corrected chi connectivity index (χ3v) is 27.2. The molecule has 2 aliphatic carbocycles. The van der Waals surface area contributed by atoms with E-state index in [0.29, 0.717) is 34.9 Å². The highest BCUT2D eigenvalue weighted by atomic mass is 32.1. The summed E-state index contributed by atoms with van der Waals surface area (Å²) >= 11 is 3.74. The smallest absolute Gasteiger partial charge is 0.164 e. The molecule has 0 saturated carbocycles. The summed E-state index contributed by atoms with van der Waals surface area (Å²) in [4.78, 5) is 29.6. The molecule has 580 valence electrons. The molecule has 0 spiro atoms. The minimum atomic E-state index is -0.477. The first-order valence-corrected chi connectivity index (χ1v) is 43.6. The molecule has 6 nitrogen and oxygen atoms in total. The van der Waals surface area contributed by atoms with Gasteiger partial charge in [0.25, 0.3) is 0 Å². The van der Waals surface area contributed by atoms with Crippen molar-refractivity contribution in [3.8, 4) is 135 Å².